The summed E-state index contributed by atoms with van der Waals surface area (Å²) in [7, 11) is 0. The third-order valence-electron chi connectivity index (χ3n) is 4.43. The lowest BCUT2D eigenvalue weighted by Crippen LogP contribution is -1.97. The molecule has 1 atom stereocenters. The quantitative estimate of drug-likeness (QED) is 0.380. The van der Waals surface area contributed by atoms with Gasteiger partial charge < -0.3 is 4.40 Å². The molecule has 0 fully saturated rings. The Morgan fingerprint density at radius 2 is 1.75 bits per heavy atom. The number of allylic oxidation sites excluding steroid dienone is 1. The summed E-state index contributed by atoms with van der Waals surface area (Å²) in [6.07, 6.45) is 5.32. The van der Waals surface area contributed by atoms with Crippen LogP contribution in [0.25, 0.3) is 33.3 Å². The smallest absolute Gasteiger partial charge is 0.0647 e. The lowest BCUT2D eigenvalue weighted by molar-refractivity contribution is 0.943. The molecule has 0 bridgehead atoms. The summed E-state index contributed by atoms with van der Waals surface area (Å²) in [5.41, 5.74) is 5.13. The van der Waals surface area contributed by atoms with E-state index in [9.17, 15) is 0 Å². The van der Waals surface area contributed by atoms with Crippen LogP contribution >= 0.6 is 11.6 Å². The number of alkyl halides is 1. The first-order valence-corrected chi connectivity index (χ1v) is 7.37. The highest BCUT2D eigenvalue weighted by molar-refractivity contribution is 6.24. The second kappa shape index (κ2) is 3.56. The number of nitrogens with zero attached hydrogens (tertiary/aromatic N) is 1. The maximum Gasteiger partial charge on any atom is 0.0647 e. The standard InChI is InChI=1S/C18H12ClN/c19-14-8-4-10-16-17(14)13-7-3-6-12-11-5-1-2-9-15(11)20(16)18(12)13/h1-7,9-10,14H,8H2. The first-order chi connectivity index (χ1) is 9.86. The van der Waals surface area contributed by atoms with Crippen molar-refractivity contribution in [1.29, 1.82) is 0 Å². The van der Waals surface area contributed by atoms with Crippen LogP contribution in [0.4, 0.5) is 0 Å². The van der Waals surface area contributed by atoms with Crippen molar-refractivity contribution in [3.63, 3.8) is 0 Å². The van der Waals surface area contributed by atoms with E-state index >= 15 is 0 Å². The van der Waals surface area contributed by atoms with Crippen LogP contribution in [0.5, 0.6) is 0 Å². The lowest BCUT2D eigenvalue weighted by Gasteiger charge is -2.13. The molecule has 1 aliphatic rings. The second-order valence-electron chi connectivity index (χ2n) is 5.46. The fraction of sp³-hybridized carbons (Fsp3) is 0.111. The van der Waals surface area contributed by atoms with Crippen molar-refractivity contribution in [2.75, 3.05) is 0 Å². The SMILES string of the molecule is ClC1CC=Cc2c1c1cccc3c4ccccc4n2c13. The first-order valence-electron chi connectivity index (χ1n) is 6.94. The normalized spacial score (nSPS) is 18.4. The molecule has 4 aromatic rings. The van der Waals surface area contributed by atoms with Crippen LogP contribution in [0, 0.1) is 0 Å². The molecule has 1 nitrogen and oxygen atoms in total. The zero-order valence-corrected chi connectivity index (χ0v) is 11.6. The Morgan fingerprint density at radius 3 is 2.70 bits per heavy atom. The Kier molecular flexibility index (Phi) is 1.91. The maximum absolute atomic E-state index is 6.58. The minimum Gasteiger partial charge on any atom is -0.308 e. The molecule has 0 saturated carbocycles. The highest BCUT2D eigenvalue weighted by atomic mass is 35.5. The van der Waals surface area contributed by atoms with Crippen LogP contribution < -0.4 is 0 Å². The van der Waals surface area contributed by atoms with Gasteiger partial charge in [0.2, 0.25) is 0 Å². The van der Waals surface area contributed by atoms with E-state index in [0.29, 0.717) is 0 Å². The Bertz CT molecular complexity index is 993. The maximum atomic E-state index is 6.58. The minimum atomic E-state index is 0.0827. The van der Waals surface area contributed by atoms with Gasteiger partial charge in [-0.3, -0.25) is 0 Å². The van der Waals surface area contributed by atoms with Crippen LogP contribution in [0.1, 0.15) is 23.1 Å². The summed E-state index contributed by atoms with van der Waals surface area (Å²) >= 11 is 6.58. The minimum absolute atomic E-state index is 0.0827. The highest BCUT2D eigenvalue weighted by Gasteiger charge is 2.25. The average molecular weight is 278 g/mol. The number of para-hydroxylation sites is 2. The zero-order valence-electron chi connectivity index (χ0n) is 10.8. The van der Waals surface area contributed by atoms with Crippen molar-refractivity contribution in [3.8, 4) is 0 Å². The Morgan fingerprint density at radius 1 is 0.950 bits per heavy atom. The number of rotatable bonds is 0. The number of halogens is 1. The molecule has 1 aliphatic carbocycles. The van der Waals surface area contributed by atoms with Crippen molar-refractivity contribution < 1.29 is 0 Å². The second-order valence-corrected chi connectivity index (χ2v) is 5.99. The van der Waals surface area contributed by atoms with Gasteiger partial charge in [-0.1, -0.05) is 42.5 Å². The molecule has 0 aliphatic heterocycles. The molecule has 0 saturated heterocycles. The predicted octanol–water partition coefficient (Wildman–Crippen LogP) is 5.38. The topological polar surface area (TPSA) is 4.41 Å². The van der Waals surface area contributed by atoms with Crippen molar-refractivity contribution in [3.05, 3.63) is 59.8 Å². The molecule has 5 rings (SSSR count). The van der Waals surface area contributed by atoms with Gasteiger partial charge in [-0.05, 0) is 18.6 Å². The Balaban J connectivity index is 2.18. The molecule has 0 N–H and O–H groups in total. The van der Waals surface area contributed by atoms with Crippen molar-refractivity contribution >= 4 is 44.9 Å². The van der Waals surface area contributed by atoms with Gasteiger partial charge in [-0.15, -0.1) is 11.6 Å². The van der Waals surface area contributed by atoms with E-state index in [1.54, 1.807) is 0 Å². The number of fused-ring (bicyclic) bond motifs is 6. The number of aromatic nitrogens is 1. The largest absolute Gasteiger partial charge is 0.308 e. The molecule has 0 spiro atoms. The lowest BCUT2D eigenvalue weighted by atomic mass is 9.99. The van der Waals surface area contributed by atoms with E-state index in [4.69, 9.17) is 11.6 Å². The molecule has 2 heteroatoms. The van der Waals surface area contributed by atoms with Gasteiger partial charge in [-0.2, -0.15) is 0 Å². The van der Waals surface area contributed by atoms with E-state index in [0.717, 1.165) is 6.42 Å². The summed E-state index contributed by atoms with van der Waals surface area (Å²) in [5, 5.41) is 4.03. The number of hydrogen-bond acceptors (Lipinski definition) is 0. The molecular formula is C18H12ClN. The zero-order chi connectivity index (χ0) is 13.3. The fourth-order valence-electron chi connectivity index (χ4n) is 3.66. The van der Waals surface area contributed by atoms with Gasteiger partial charge in [0.25, 0.3) is 0 Å². The molecule has 1 unspecified atom stereocenters. The molecule has 2 heterocycles. The van der Waals surface area contributed by atoms with Gasteiger partial charge in [0.05, 0.1) is 22.1 Å². The Hall–Kier alpha value is -1.99. The van der Waals surface area contributed by atoms with E-state index in [1.165, 1.54) is 38.4 Å². The third-order valence-corrected chi connectivity index (χ3v) is 4.83. The molecule has 2 aromatic carbocycles. The summed E-state index contributed by atoms with van der Waals surface area (Å²) in [5.74, 6) is 0. The summed E-state index contributed by atoms with van der Waals surface area (Å²) in [6, 6.07) is 15.2. The van der Waals surface area contributed by atoms with E-state index in [2.05, 4.69) is 59.0 Å². The third kappa shape index (κ3) is 1.11. The predicted molar refractivity (Wildman–Crippen MR) is 85.8 cm³/mol. The van der Waals surface area contributed by atoms with Crippen LogP contribution in [-0.4, -0.2) is 4.40 Å². The van der Waals surface area contributed by atoms with Crippen LogP contribution in [0.2, 0.25) is 0 Å². The van der Waals surface area contributed by atoms with Crippen LogP contribution in [-0.2, 0) is 0 Å². The summed E-state index contributed by atoms with van der Waals surface area (Å²) < 4.78 is 2.38. The molecule has 20 heavy (non-hydrogen) atoms. The molecule has 2 aromatic heterocycles. The molecule has 0 amide bonds. The van der Waals surface area contributed by atoms with Gasteiger partial charge in [0, 0.05) is 21.7 Å². The molecular weight excluding hydrogens is 266 g/mol. The fourth-order valence-corrected chi connectivity index (χ4v) is 3.99. The van der Waals surface area contributed by atoms with E-state index in [1.807, 2.05) is 0 Å². The average Bonchev–Trinajstić information content (AvgIpc) is 2.99. The van der Waals surface area contributed by atoms with Gasteiger partial charge in [0.15, 0.2) is 0 Å². The van der Waals surface area contributed by atoms with E-state index < -0.39 is 0 Å². The monoisotopic (exact) mass is 277 g/mol. The number of benzene rings is 2. The van der Waals surface area contributed by atoms with Gasteiger partial charge in [-0.25, -0.2) is 0 Å². The van der Waals surface area contributed by atoms with E-state index in [-0.39, 0.29) is 5.38 Å². The van der Waals surface area contributed by atoms with Gasteiger partial charge >= 0.3 is 0 Å². The summed E-state index contributed by atoms with van der Waals surface area (Å²) in [4.78, 5) is 0. The first kappa shape index (κ1) is 10.8. The summed E-state index contributed by atoms with van der Waals surface area (Å²) in [6.45, 7) is 0. The highest BCUT2D eigenvalue weighted by Crippen LogP contribution is 2.44. The molecule has 96 valence electrons. The van der Waals surface area contributed by atoms with Crippen molar-refractivity contribution in [2.45, 2.75) is 11.8 Å². The van der Waals surface area contributed by atoms with Crippen LogP contribution in [0.3, 0.4) is 0 Å². The van der Waals surface area contributed by atoms with Crippen molar-refractivity contribution in [2.24, 2.45) is 0 Å². The Labute approximate surface area is 121 Å². The van der Waals surface area contributed by atoms with Crippen molar-refractivity contribution in [1.82, 2.24) is 4.40 Å². The van der Waals surface area contributed by atoms with Crippen LogP contribution in [0.15, 0.2) is 48.5 Å². The van der Waals surface area contributed by atoms with Gasteiger partial charge in [0.1, 0.15) is 0 Å². The number of hydrogen-bond donors (Lipinski definition) is 0. The molecule has 0 radical (unpaired) electrons.